The highest BCUT2D eigenvalue weighted by atomic mass is 19.1. The van der Waals surface area contributed by atoms with Gasteiger partial charge < -0.3 is 5.73 Å². The summed E-state index contributed by atoms with van der Waals surface area (Å²) in [6.07, 6.45) is 0. The van der Waals surface area contributed by atoms with E-state index >= 15 is 0 Å². The Kier molecular flexibility index (Phi) is 3.85. The molecule has 0 saturated heterocycles. The molecule has 1 nitrogen and oxygen atoms in total. The third kappa shape index (κ3) is 2.76. The molecule has 19 heavy (non-hydrogen) atoms. The van der Waals surface area contributed by atoms with Crippen LogP contribution in [0.2, 0.25) is 0 Å². The number of hydrogen-bond donors (Lipinski definition) is 1. The standard InChI is InChI=1S/C14H11F4N/c15-8-1-3-10(13(17)5-8)12(7-19)11-4-2-9(16)6-14(11)18/h1-6,12H,7,19H2. The van der Waals surface area contributed by atoms with Crippen LogP contribution in [0.3, 0.4) is 0 Å². The highest BCUT2D eigenvalue weighted by molar-refractivity contribution is 5.35. The van der Waals surface area contributed by atoms with Crippen molar-refractivity contribution in [1.29, 1.82) is 0 Å². The van der Waals surface area contributed by atoms with Crippen molar-refractivity contribution in [3.05, 3.63) is 70.8 Å². The summed E-state index contributed by atoms with van der Waals surface area (Å²) in [5.41, 5.74) is 5.69. The lowest BCUT2D eigenvalue weighted by Crippen LogP contribution is -2.16. The van der Waals surface area contributed by atoms with E-state index in [1.807, 2.05) is 0 Å². The van der Waals surface area contributed by atoms with Crippen LogP contribution in [0.25, 0.3) is 0 Å². The molecule has 0 saturated carbocycles. The summed E-state index contributed by atoms with van der Waals surface area (Å²) >= 11 is 0. The van der Waals surface area contributed by atoms with Gasteiger partial charge in [0.25, 0.3) is 0 Å². The highest BCUT2D eigenvalue weighted by Gasteiger charge is 2.20. The van der Waals surface area contributed by atoms with Crippen molar-refractivity contribution in [2.45, 2.75) is 5.92 Å². The Morgan fingerprint density at radius 3 is 1.53 bits per heavy atom. The Bertz CT molecular complexity index is 546. The van der Waals surface area contributed by atoms with Crippen LogP contribution >= 0.6 is 0 Å². The van der Waals surface area contributed by atoms with E-state index in [1.165, 1.54) is 12.1 Å². The van der Waals surface area contributed by atoms with E-state index in [4.69, 9.17) is 5.73 Å². The van der Waals surface area contributed by atoms with Crippen molar-refractivity contribution >= 4 is 0 Å². The number of nitrogens with two attached hydrogens (primary N) is 1. The van der Waals surface area contributed by atoms with Crippen molar-refractivity contribution in [2.75, 3.05) is 6.54 Å². The normalized spacial score (nSPS) is 11.1. The molecular weight excluding hydrogens is 258 g/mol. The van der Waals surface area contributed by atoms with E-state index in [-0.39, 0.29) is 17.7 Å². The van der Waals surface area contributed by atoms with E-state index in [0.29, 0.717) is 12.1 Å². The van der Waals surface area contributed by atoms with Crippen molar-refractivity contribution < 1.29 is 17.6 Å². The predicted molar refractivity (Wildman–Crippen MR) is 63.6 cm³/mol. The van der Waals surface area contributed by atoms with Gasteiger partial charge in [-0.25, -0.2) is 17.6 Å². The predicted octanol–water partition coefficient (Wildman–Crippen LogP) is 3.33. The van der Waals surface area contributed by atoms with Gasteiger partial charge in [0, 0.05) is 24.6 Å². The molecule has 0 unspecified atom stereocenters. The zero-order valence-electron chi connectivity index (χ0n) is 9.84. The van der Waals surface area contributed by atoms with Crippen LogP contribution in [-0.4, -0.2) is 6.54 Å². The third-order valence-electron chi connectivity index (χ3n) is 2.91. The molecule has 0 aromatic heterocycles. The van der Waals surface area contributed by atoms with Crippen LogP contribution in [-0.2, 0) is 0 Å². The molecule has 0 bridgehead atoms. The first-order valence-corrected chi connectivity index (χ1v) is 5.63. The topological polar surface area (TPSA) is 26.0 Å². The van der Waals surface area contributed by atoms with Gasteiger partial charge in [-0.3, -0.25) is 0 Å². The molecule has 5 heteroatoms. The zero-order valence-corrected chi connectivity index (χ0v) is 9.84. The molecule has 0 aliphatic heterocycles. The van der Waals surface area contributed by atoms with E-state index in [0.717, 1.165) is 12.1 Å². The molecule has 100 valence electrons. The van der Waals surface area contributed by atoms with E-state index in [2.05, 4.69) is 0 Å². The molecule has 0 fully saturated rings. The van der Waals surface area contributed by atoms with E-state index in [9.17, 15) is 17.6 Å². The molecule has 0 aliphatic rings. The monoisotopic (exact) mass is 269 g/mol. The summed E-state index contributed by atoms with van der Waals surface area (Å²) in [6, 6.07) is 5.99. The highest BCUT2D eigenvalue weighted by Crippen LogP contribution is 2.28. The lowest BCUT2D eigenvalue weighted by atomic mass is 9.90. The molecule has 2 rings (SSSR count). The first-order valence-electron chi connectivity index (χ1n) is 5.63. The van der Waals surface area contributed by atoms with Gasteiger partial charge in [-0.05, 0) is 23.3 Å². The summed E-state index contributed by atoms with van der Waals surface area (Å²) in [6.45, 7) is -0.0783. The van der Waals surface area contributed by atoms with Gasteiger partial charge >= 0.3 is 0 Å². The fourth-order valence-corrected chi connectivity index (χ4v) is 1.99. The van der Waals surface area contributed by atoms with Gasteiger partial charge in [-0.1, -0.05) is 12.1 Å². The molecule has 0 heterocycles. The minimum absolute atomic E-state index is 0.0782. The average Bonchev–Trinajstić information content (AvgIpc) is 2.34. The van der Waals surface area contributed by atoms with Gasteiger partial charge in [0.05, 0.1) is 0 Å². The molecule has 0 atom stereocenters. The van der Waals surface area contributed by atoms with E-state index in [1.54, 1.807) is 0 Å². The van der Waals surface area contributed by atoms with Gasteiger partial charge in [-0.15, -0.1) is 0 Å². The largest absolute Gasteiger partial charge is 0.330 e. The number of halogens is 4. The van der Waals surface area contributed by atoms with Gasteiger partial charge in [-0.2, -0.15) is 0 Å². The molecule has 0 radical (unpaired) electrons. The Morgan fingerprint density at radius 1 is 0.789 bits per heavy atom. The quantitative estimate of drug-likeness (QED) is 0.850. The molecule has 2 aromatic carbocycles. The van der Waals surface area contributed by atoms with Crippen molar-refractivity contribution in [2.24, 2.45) is 5.73 Å². The summed E-state index contributed by atoms with van der Waals surface area (Å²) < 4.78 is 53.1. The third-order valence-corrected chi connectivity index (χ3v) is 2.91. The first-order chi connectivity index (χ1) is 9.02. The second-order valence-corrected chi connectivity index (χ2v) is 4.12. The fraction of sp³-hybridized carbons (Fsp3) is 0.143. The fourth-order valence-electron chi connectivity index (χ4n) is 1.99. The smallest absolute Gasteiger partial charge is 0.129 e. The first kappa shape index (κ1) is 13.5. The zero-order chi connectivity index (χ0) is 14.0. The Hall–Kier alpha value is -1.88. The molecule has 0 spiro atoms. The SMILES string of the molecule is NCC(c1ccc(F)cc1F)c1ccc(F)cc1F. The maximum absolute atomic E-state index is 13.7. The van der Waals surface area contributed by atoms with Gasteiger partial charge in [0.1, 0.15) is 23.3 Å². The average molecular weight is 269 g/mol. The molecule has 0 amide bonds. The van der Waals surface area contributed by atoms with Crippen LogP contribution in [0.15, 0.2) is 36.4 Å². The molecule has 0 aliphatic carbocycles. The van der Waals surface area contributed by atoms with Crippen LogP contribution < -0.4 is 5.73 Å². The Balaban J connectivity index is 2.50. The second kappa shape index (κ2) is 5.40. The number of rotatable bonds is 3. The van der Waals surface area contributed by atoms with Crippen molar-refractivity contribution in [3.8, 4) is 0 Å². The lowest BCUT2D eigenvalue weighted by Gasteiger charge is -2.17. The number of benzene rings is 2. The Labute approximate surface area is 107 Å². The summed E-state index contributed by atoms with van der Waals surface area (Å²) in [7, 11) is 0. The van der Waals surface area contributed by atoms with Crippen LogP contribution in [0.4, 0.5) is 17.6 Å². The van der Waals surface area contributed by atoms with E-state index < -0.39 is 29.2 Å². The minimum Gasteiger partial charge on any atom is -0.330 e. The summed E-state index contributed by atoms with van der Waals surface area (Å²) in [4.78, 5) is 0. The van der Waals surface area contributed by atoms with Crippen LogP contribution in [0.5, 0.6) is 0 Å². The molecule has 2 N–H and O–H groups in total. The van der Waals surface area contributed by atoms with Crippen molar-refractivity contribution in [3.63, 3.8) is 0 Å². The molecule has 2 aromatic rings. The van der Waals surface area contributed by atoms with Crippen LogP contribution in [0, 0.1) is 23.3 Å². The van der Waals surface area contributed by atoms with Gasteiger partial charge in [0.15, 0.2) is 0 Å². The van der Waals surface area contributed by atoms with Crippen molar-refractivity contribution in [1.82, 2.24) is 0 Å². The maximum atomic E-state index is 13.7. The maximum Gasteiger partial charge on any atom is 0.129 e. The Morgan fingerprint density at radius 2 is 1.21 bits per heavy atom. The minimum atomic E-state index is -0.806. The number of hydrogen-bond acceptors (Lipinski definition) is 1. The lowest BCUT2D eigenvalue weighted by molar-refractivity contribution is 0.546. The summed E-state index contributed by atoms with van der Waals surface area (Å²) in [5.74, 6) is -3.85. The second-order valence-electron chi connectivity index (χ2n) is 4.12. The summed E-state index contributed by atoms with van der Waals surface area (Å²) in [5, 5.41) is 0. The molecular formula is C14H11F4N. The van der Waals surface area contributed by atoms with Gasteiger partial charge in [0.2, 0.25) is 0 Å². The van der Waals surface area contributed by atoms with Crippen LogP contribution in [0.1, 0.15) is 17.0 Å².